The Morgan fingerprint density at radius 2 is 2.20 bits per heavy atom. The molecule has 136 valence electrons. The van der Waals surface area contributed by atoms with E-state index in [4.69, 9.17) is 4.42 Å². The Morgan fingerprint density at radius 3 is 2.84 bits per heavy atom. The van der Waals surface area contributed by atoms with Crippen LogP contribution >= 0.6 is 0 Å². The van der Waals surface area contributed by atoms with E-state index in [1.165, 1.54) is 0 Å². The molecule has 3 rings (SSSR count). The van der Waals surface area contributed by atoms with Crippen LogP contribution in [0.4, 0.5) is 0 Å². The number of aromatic nitrogens is 2. The molecular weight excluding hydrogens is 314 g/mol. The van der Waals surface area contributed by atoms with Crippen LogP contribution in [0.15, 0.2) is 22.7 Å². The molecule has 1 saturated heterocycles. The van der Waals surface area contributed by atoms with Gasteiger partial charge in [-0.05, 0) is 49.8 Å². The van der Waals surface area contributed by atoms with Gasteiger partial charge in [0.25, 0.3) is 0 Å². The predicted molar refractivity (Wildman–Crippen MR) is 97.2 cm³/mol. The number of hydrogen-bond donors (Lipinski definition) is 0. The largest absolute Gasteiger partial charge is 0.464 e. The van der Waals surface area contributed by atoms with Crippen molar-refractivity contribution in [3.8, 4) is 0 Å². The fraction of sp³-hybridized carbons (Fsp3) is 0.600. The number of piperidine rings is 1. The van der Waals surface area contributed by atoms with Crippen molar-refractivity contribution in [2.24, 2.45) is 13.0 Å². The average molecular weight is 343 g/mol. The van der Waals surface area contributed by atoms with E-state index in [9.17, 15) is 4.79 Å². The molecule has 1 fully saturated rings. The number of furan rings is 1. The molecule has 1 aliphatic heterocycles. The van der Waals surface area contributed by atoms with Gasteiger partial charge in [-0.2, -0.15) is 5.10 Å². The van der Waals surface area contributed by atoms with Crippen molar-refractivity contribution >= 4 is 5.91 Å². The van der Waals surface area contributed by atoms with Crippen molar-refractivity contribution in [2.45, 2.75) is 58.9 Å². The lowest BCUT2D eigenvalue weighted by molar-refractivity contribution is -0.136. The second kappa shape index (κ2) is 7.46. The first-order valence-corrected chi connectivity index (χ1v) is 9.35. The van der Waals surface area contributed by atoms with Crippen molar-refractivity contribution in [3.63, 3.8) is 0 Å². The van der Waals surface area contributed by atoms with Gasteiger partial charge in [-0.25, -0.2) is 0 Å². The summed E-state index contributed by atoms with van der Waals surface area (Å²) in [6.07, 6.45) is 6.22. The third kappa shape index (κ3) is 3.97. The molecular formula is C20H29N3O2. The van der Waals surface area contributed by atoms with Crippen LogP contribution < -0.4 is 0 Å². The molecule has 3 heterocycles. The first-order chi connectivity index (χ1) is 12.0. The molecule has 25 heavy (non-hydrogen) atoms. The normalized spacial score (nSPS) is 20.9. The zero-order chi connectivity index (χ0) is 18.0. The summed E-state index contributed by atoms with van der Waals surface area (Å²) < 4.78 is 7.79. The molecule has 1 amide bonds. The number of carbonyl (C=O) groups excluding carboxylic acids is 1. The number of amides is 1. The highest BCUT2D eigenvalue weighted by molar-refractivity contribution is 5.77. The van der Waals surface area contributed by atoms with E-state index in [0.717, 1.165) is 55.0 Å². The number of rotatable bonds is 5. The van der Waals surface area contributed by atoms with Crippen molar-refractivity contribution in [1.82, 2.24) is 14.7 Å². The molecule has 0 saturated carbocycles. The van der Waals surface area contributed by atoms with Crippen LogP contribution in [0.25, 0.3) is 0 Å². The van der Waals surface area contributed by atoms with Crippen LogP contribution in [0.3, 0.4) is 0 Å². The van der Waals surface area contributed by atoms with Gasteiger partial charge in [-0.3, -0.25) is 9.48 Å². The molecule has 2 atom stereocenters. The highest BCUT2D eigenvalue weighted by Gasteiger charge is 2.32. The second-order valence-electron chi connectivity index (χ2n) is 7.30. The Balaban J connectivity index is 1.71. The smallest absolute Gasteiger partial charge is 0.223 e. The fourth-order valence-corrected chi connectivity index (χ4v) is 3.75. The van der Waals surface area contributed by atoms with Crippen molar-refractivity contribution < 1.29 is 9.21 Å². The van der Waals surface area contributed by atoms with E-state index >= 15 is 0 Å². The van der Waals surface area contributed by atoms with E-state index < -0.39 is 0 Å². The molecule has 0 bridgehead atoms. The molecule has 0 radical (unpaired) electrons. The topological polar surface area (TPSA) is 51.3 Å². The van der Waals surface area contributed by atoms with Gasteiger partial charge >= 0.3 is 0 Å². The Labute approximate surface area is 150 Å². The highest BCUT2D eigenvalue weighted by atomic mass is 16.3. The van der Waals surface area contributed by atoms with E-state index in [0.29, 0.717) is 12.3 Å². The zero-order valence-electron chi connectivity index (χ0n) is 15.8. The van der Waals surface area contributed by atoms with Crippen LogP contribution in [-0.2, 0) is 24.7 Å². The monoisotopic (exact) mass is 343 g/mol. The predicted octanol–water partition coefficient (Wildman–Crippen LogP) is 3.82. The van der Waals surface area contributed by atoms with Crippen LogP contribution in [0, 0.1) is 12.8 Å². The maximum atomic E-state index is 12.9. The van der Waals surface area contributed by atoms with Gasteiger partial charge in [0, 0.05) is 32.6 Å². The van der Waals surface area contributed by atoms with Gasteiger partial charge in [-0.1, -0.05) is 13.8 Å². The van der Waals surface area contributed by atoms with Gasteiger partial charge in [0.05, 0.1) is 11.7 Å². The molecule has 0 spiro atoms. The lowest BCUT2D eigenvalue weighted by Crippen LogP contribution is -2.40. The first-order valence-electron chi connectivity index (χ1n) is 9.35. The van der Waals surface area contributed by atoms with Gasteiger partial charge in [0.2, 0.25) is 5.91 Å². The number of aryl methyl sites for hydroxylation is 4. The molecule has 0 aromatic carbocycles. The average Bonchev–Trinajstić information content (AvgIpc) is 3.18. The summed E-state index contributed by atoms with van der Waals surface area (Å²) in [5, 5.41) is 4.36. The van der Waals surface area contributed by atoms with Gasteiger partial charge in [0.1, 0.15) is 11.5 Å². The Bertz CT molecular complexity index is 731. The summed E-state index contributed by atoms with van der Waals surface area (Å²) in [6, 6.07) is 4.16. The summed E-state index contributed by atoms with van der Waals surface area (Å²) >= 11 is 0. The molecule has 0 unspecified atom stereocenters. The summed E-state index contributed by atoms with van der Waals surface area (Å²) in [6.45, 7) is 7.17. The fourth-order valence-electron chi connectivity index (χ4n) is 3.75. The van der Waals surface area contributed by atoms with E-state index in [-0.39, 0.29) is 11.9 Å². The number of hydrogen-bond acceptors (Lipinski definition) is 3. The molecule has 1 aliphatic rings. The van der Waals surface area contributed by atoms with Crippen LogP contribution in [0.2, 0.25) is 0 Å². The number of nitrogens with zero attached hydrogens (tertiary/aromatic N) is 3. The molecule has 0 N–H and O–H groups in total. The maximum Gasteiger partial charge on any atom is 0.223 e. The highest BCUT2D eigenvalue weighted by Crippen LogP contribution is 2.35. The zero-order valence-corrected chi connectivity index (χ0v) is 15.8. The first kappa shape index (κ1) is 17.8. The molecule has 2 aromatic rings. The van der Waals surface area contributed by atoms with E-state index in [2.05, 4.69) is 18.9 Å². The molecule has 5 heteroatoms. The Morgan fingerprint density at radius 1 is 1.40 bits per heavy atom. The summed E-state index contributed by atoms with van der Waals surface area (Å²) in [4.78, 5) is 14.9. The van der Waals surface area contributed by atoms with Gasteiger partial charge < -0.3 is 9.32 Å². The Hall–Kier alpha value is -2.04. The summed E-state index contributed by atoms with van der Waals surface area (Å²) in [5.41, 5.74) is 2.17. The van der Waals surface area contributed by atoms with Crippen LogP contribution in [-0.4, -0.2) is 27.1 Å². The summed E-state index contributed by atoms with van der Waals surface area (Å²) in [7, 11) is 1.92. The lowest BCUT2D eigenvalue weighted by atomic mass is 9.90. The summed E-state index contributed by atoms with van der Waals surface area (Å²) in [5.74, 6) is 2.76. The van der Waals surface area contributed by atoms with Crippen LogP contribution in [0.1, 0.15) is 61.9 Å². The molecule has 2 aromatic heterocycles. The van der Waals surface area contributed by atoms with Crippen molar-refractivity contribution in [3.05, 3.63) is 41.1 Å². The SMILES string of the molecule is CCc1ccc([C@H]2C[C@@H](C)CCN2C(=O)CCc2cn(C)nc2C)o1. The standard InChI is InChI=1S/C20H29N3O2/c1-5-17-7-8-19(25-17)18-12-14(2)10-11-23(18)20(24)9-6-16-13-22(4)21-15(16)3/h7-8,13-14,18H,5-6,9-12H2,1-4H3/t14-,18+/m0/s1. The quantitative estimate of drug-likeness (QED) is 0.829. The van der Waals surface area contributed by atoms with E-state index in [1.807, 2.05) is 41.9 Å². The maximum absolute atomic E-state index is 12.9. The minimum atomic E-state index is 0.0755. The van der Waals surface area contributed by atoms with Crippen LogP contribution in [0.5, 0.6) is 0 Å². The van der Waals surface area contributed by atoms with Crippen molar-refractivity contribution in [2.75, 3.05) is 6.54 Å². The Kier molecular flexibility index (Phi) is 5.30. The molecule has 5 nitrogen and oxygen atoms in total. The van der Waals surface area contributed by atoms with E-state index in [1.54, 1.807) is 0 Å². The van der Waals surface area contributed by atoms with Gasteiger partial charge in [0.15, 0.2) is 0 Å². The second-order valence-corrected chi connectivity index (χ2v) is 7.30. The third-order valence-electron chi connectivity index (χ3n) is 5.27. The number of carbonyl (C=O) groups is 1. The third-order valence-corrected chi connectivity index (χ3v) is 5.27. The lowest BCUT2D eigenvalue weighted by Gasteiger charge is -2.37. The van der Waals surface area contributed by atoms with Gasteiger partial charge in [-0.15, -0.1) is 0 Å². The minimum Gasteiger partial charge on any atom is -0.464 e. The minimum absolute atomic E-state index is 0.0755. The van der Waals surface area contributed by atoms with Crippen molar-refractivity contribution in [1.29, 1.82) is 0 Å². The molecule has 0 aliphatic carbocycles. The number of likely N-dealkylation sites (tertiary alicyclic amines) is 1.